The van der Waals surface area contributed by atoms with Gasteiger partial charge in [0.1, 0.15) is 10.8 Å². The summed E-state index contributed by atoms with van der Waals surface area (Å²) >= 11 is 1.67. The molecule has 6 nitrogen and oxygen atoms in total. The molecule has 1 aliphatic rings. The Balaban J connectivity index is 0.00000320. The van der Waals surface area contributed by atoms with Crippen LogP contribution in [0.4, 0.5) is 10.1 Å². The van der Waals surface area contributed by atoms with Crippen LogP contribution in [-0.4, -0.2) is 55.1 Å². The van der Waals surface area contributed by atoms with Gasteiger partial charge in [-0.1, -0.05) is 13.0 Å². The molecule has 0 atom stereocenters. The van der Waals surface area contributed by atoms with Crippen molar-refractivity contribution in [3.63, 3.8) is 0 Å². The highest BCUT2D eigenvalue weighted by Crippen LogP contribution is 2.22. The lowest BCUT2D eigenvalue weighted by Crippen LogP contribution is -2.46. The number of aromatic nitrogens is 1. The topological polar surface area (TPSA) is 55.8 Å². The summed E-state index contributed by atoms with van der Waals surface area (Å²) in [5, 5.41) is 7.53. The second kappa shape index (κ2) is 12.4. The van der Waals surface area contributed by atoms with Crippen LogP contribution in [0.2, 0.25) is 0 Å². The lowest BCUT2D eigenvalue weighted by molar-refractivity contribution is 0.270. The number of thiazole rings is 1. The van der Waals surface area contributed by atoms with E-state index in [0.29, 0.717) is 24.7 Å². The lowest BCUT2D eigenvalue weighted by atomic mass is 10.1. The van der Waals surface area contributed by atoms with E-state index in [2.05, 4.69) is 37.3 Å². The van der Waals surface area contributed by atoms with Gasteiger partial charge in [0.15, 0.2) is 5.96 Å². The highest BCUT2D eigenvalue weighted by atomic mass is 127. The van der Waals surface area contributed by atoms with Crippen molar-refractivity contribution in [3.05, 3.63) is 45.7 Å². The van der Waals surface area contributed by atoms with Crippen LogP contribution in [-0.2, 0) is 13.1 Å². The van der Waals surface area contributed by atoms with Gasteiger partial charge < -0.3 is 20.4 Å². The smallest absolute Gasteiger partial charge is 0.191 e. The molecule has 2 N–H and O–H groups in total. The highest BCUT2D eigenvalue weighted by Gasteiger charge is 2.18. The molecule has 2 heterocycles. The van der Waals surface area contributed by atoms with Gasteiger partial charge in [0, 0.05) is 43.8 Å². The Morgan fingerprint density at radius 2 is 1.97 bits per heavy atom. The Bertz CT molecular complexity index is 820. The lowest BCUT2D eigenvalue weighted by Gasteiger charge is -2.35. The van der Waals surface area contributed by atoms with Crippen LogP contribution in [0, 0.1) is 12.7 Å². The minimum atomic E-state index is -0.168. The molecule has 0 unspecified atom stereocenters. The molecule has 1 aliphatic heterocycles. The fourth-order valence-corrected chi connectivity index (χ4v) is 4.09. The van der Waals surface area contributed by atoms with Gasteiger partial charge in [0.25, 0.3) is 0 Å². The largest absolute Gasteiger partial charge is 0.367 e. The number of hydrogen-bond donors (Lipinski definition) is 2. The molecule has 2 aromatic rings. The molecular weight excluding hydrogens is 514 g/mol. The normalized spacial score (nSPS) is 15.1. The number of benzene rings is 1. The number of hydrogen-bond acceptors (Lipinski definition) is 5. The maximum absolute atomic E-state index is 14.7. The van der Waals surface area contributed by atoms with Gasteiger partial charge in [0.2, 0.25) is 0 Å². The molecule has 30 heavy (non-hydrogen) atoms. The number of nitrogens with zero attached hydrogens (tertiary/aromatic N) is 4. The van der Waals surface area contributed by atoms with Crippen LogP contribution in [0.5, 0.6) is 0 Å². The van der Waals surface area contributed by atoms with Crippen molar-refractivity contribution in [1.82, 2.24) is 20.5 Å². The molecule has 1 aromatic heterocycles. The molecule has 0 aliphatic carbocycles. The summed E-state index contributed by atoms with van der Waals surface area (Å²) in [6.45, 7) is 12.8. The highest BCUT2D eigenvalue weighted by molar-refractivity contribution is 14.0. The van der Waals surface area contributed by atoms with Crippen LogP contribution < -0.4 is 15.5 Å². The van der Waals surface area contributed by atoms with Crippen LogP contribution in [0.15, 0.2) is 29.4 Å². The molecule has 0 spiro atoms. The van der Waals surface area contributed by atoms with E-state index in [1.54, 1.807) is 17.4 Å². The summed E-state index contributed by atoms with van der Waals surface area (Å²) in [6, 6.07) is 5.47. The first-order valence-electron chi connectivity index (χ1n) is 10.3. The fraction of sp³-hybridized carbons (Fsp3) is 0.524. The summed E-state index contributed by atoms with van der Waals surface area (Å²) in [6.07, 6.45) is 1.87. The van der Waals surface area contributed by atoms with E-state index in [0.717, 1.165) is 49.8 Å². The van der Waals surface area contributed by atoms with Crippen molar-refractivity contribution in [2.75, 3.05) is 44.2 Å². The maximum atomic E-state index is 14.7. The van der Waals surface area contributed by atoms with Crippen molar-refractivity contribution in [2.24, 2.45) is 4.99 Å². The standard InChI is InChI=1S/C21H31FN6S.HI/c1-4-23-21(26-15-20-24-13-16(3)29-20)25-14-17-6-7-19(18(22)12-17)28-10-8-27(5-2)9-11-28;/h6-7,12-13H,4-5,8-11,14-15H2,1-3H3,(H2,23,25,26);1H. The van der Waals surface area contributed by atoms with E-state index in [-0.39, 0.29) is 29.8 Å². The monoisotopic (exact) mass is 546 g/mol. The Hall–Kier alpha value is -1.46. The number of nitrogens with one attached hydrogen (secondary N) is 2. The predicted molar refractivity (Wildman–Crippen MR) is 135 cm³/mol. The summed E-state index contributed by atoms with van der Waals surface area (Å²) in [5.74, 6) is 0.541. The number of aliphatic imine (C=N–C) groups is 1. The van der Waals surface area contributed by atoms with Gasteiger partial charge in [-0.3, -0.25) is 0 Å². The molecule has 1 fully saturated rings. The number of aryl methyl sites for hydroxylation is 1. The third kappa shape index (κ3) is 7.05. The number of likely N-dealkylation sites (N-methyl/N-ethyl adjacent to an activating group) is 1. The zero-order valence-electron chi connectivity index (χ0n) is 17.9. The fourth-order valence-electron chi connectivity index (χ4n) is 3.36. The zero-order chi connectivity index (χ0) is 20.6. The molecule has 1 saturated heterocycles. The average Bonchev–Trinajstić information content (AvgIpc) is 3.15. The number of rotatable bonds is 7. The van der Waals surface area contributed by atoms with Gasteiger partial charge in [-0.25, -0.2) is 14.4 Å². The Morgan fingerprint density at radius 1 is 1.20 bits per heavy atom. The molecule has 3 rings (SSSR count). The predicted octanol–water partition coefficient (Wildman–Crippen LogP) is 3.61. The van der Waals surface area contributed by atoms with Gasteiger partial charge in [-0.2, -0.15) is 0 Å². The zero-order valence-corrected chi connectivity index (χ0v) is 21.1. The van der Waals surface area contributed by atoms with Crippen molar-refractivity contribution in [2.45, 2.75) is 33.9 Å². The summed E-state index contributed by atoms with van der Waals surface area (Å²) in [4.78, 5) is 14.7. The quantitative estimate of drug-likeness (QED) is 0.316. The second-order valence-electron chi connectivity index (χ2n) is 7.12. The Kier molecular flexibility index (Phi) is 10.3. The SMILES string of the molecule is CCNC(=NCc1ccc(N2CCN(CC)CC2)c(F)c1)NCc1ncc(C)s1.I. The second-order valence-corrected chi connectivity index (χ2v) is 8.44. The molecule has 0 bridgehead atoms. The van der Waals surface area contributed by atoms with Crippen molar-refractivity contribution >= 4 is 47.0 Å². The third-order valence-corrected chi connectivity index (χ3v) is 5.93. The number of halogens is 2. The molecule has 0 saturated carbocycles. The van der Waals surface area contributed by atoms with Crippen LogP contribution in [0.3, 0.4) is 0 Å². The van der Waals surface area contributed by atoms with Crippen LogP contribution in [0.1, 0.15) is 29.3 Å². The van der Waals surface area contributed by atoms with Crippen molar-refractivity contribution in [1.29, 1.82) is 0 Å². The number of anilines is 1. The van der Waals surface area contributed by atoms with E-state index in [1.807, 2.05) is 32.2 Å². The van der Waals surface area contributed by atoms with E-state index in [4.69, 9.17) is 0 Å². The first-order chi connectivity index (χ1) is 14.1. The molecule has 0 radical (unpaired) electrons. The Morgan fingerprint density at radius 3 is 2.57 bits per heavy atom. The number of guanidine groups is 1. The van der Waals surface area contributed by atoms with Crippen LogP contribution in [0.25, 0.3) is 0 Å². The summed E-state index contributed by atoms with van der Waals surface area (Å²) < 4.78 is 14.7. The first-order valence-corrected chi connectivity index (χ1v) is 11.1. The molecule has 166 valence electrons. The van der Waals surface area contributed by atoms with E-state index >= 15 is 0 Å². The maximum Gasteiger partial charge on any atom is 0.191 e. The average molecular weight is 546 g/mol. The van der Waals surface area contributed by atoms with Gasteiger partial charge in [0.05, 0.1) is 18.8 Å². The molecule has 9 heteroatoms. The van der Waals surface area contributed by atoms with E-state index in [1.165, 1.54) is 4.88 Å². The molecule has 0 amide bonds. The van der Waals surface area contributed by atoms with Crippen molar-refractivity contribution in [3.8, 4) is 0 Å². The van der Waals surface area contributed by atoms with E-state index < -0.39 is 0 Å². The summed E-state index contributed by atoms with van der Waals surface area (Å²) in [7, 11) is 0. The molecular formula is C21H32FIN6S. The van der Waals surface area contributed by atoms with Gasteiger partial charge in [-0.15, -0.1) is 35.3 Å². The minimum Gasteiger partial charge on any atom is -0.367 e. The van der Waals surface area contributed by atoms with E-state index in [9.17, 15) is 4.39 Å². The third-order valence-electron chi connectivity index (χ3n) is 5.01. The van der Waals surface area contributed by atoms with Gasteiger partial charge in [-0.05, 0) is 38.1 Å². The molecule has 1 aromatic carbocycles. The van der Waals surface area contributed by atoms with Gasteiger partial charge >= 0.3 is 0 Å². The minimum absolute atomic E-state index is 0. The summed E-state index contributed by atoms with van der Waals surface area (Å²) in [5.41, 5.74) is 1.55. The van der Waals surface area contributed by atoms with Crippen molar-refractivity contribution < 1.29 is 4.39 Å². The van der Waals surface area contributed by atoms with Crippen LogP contribution >= 0.6 is 35.3 Å². The Labute approximate surface area is 200 Å². The number of piperazine rings is 1. The first kappa shape index (κ1) is 24.8.